The molecule has 0 spiro atoms. The highest BCUT2D eigenvalue weighted by Gasteiger charge is 2.29. The fraction of sp³-hybridized carbons (Fsp3) is 0.316. The van der Waals surface area contributed by atoms with E-state index in [4.69, 9.17) is 16.3 Å². The van der Waals surface area contributed by atoms with Gasteiger partial charge in [-0.15, -0.1) is 0 Å². The van der Waals surface area contributed by atoms with E-state index < -0.39 is 10.0 Å². The van der Waals surface area contributed by atoms with Crippen molar-refractivity contribution in [2.75, 3.05) is 45.2 Å². The third-order valence-corrected chi connectivity index (χ3v) is 6.77. The second-order valence-corrected chi connectivity index (χ2v) is 9.00. The third-order valence-electron chi connectivity index (χ3n) is 4.55. The molecule has 1 fully saturated rings. The van der Waals surface area contributed by atoms with Crippen LogP contribution in [0.15, 0.2) is 53.4 Å². The van der Waals surface area contributed by atoms with Crippen LogP contribution in [0.25, 0.3) is 0 Å². The Morgan fingerprint density at radius 2 is 1.79 bits per heavy atom. The van der Waals surface area contributed by atoms with E-state index in [9.17, 15) is 13.2 Å². The molecule has 2 aromatic rings. The monoisotopic (exact) mass is 424 g/mol. The normalized spacial score (nSPS) is 15.9. The molecule has 0 aromatic heterocycles. The van der Waals surface area contributed by atoms with Gasteiger partial charge in [0.05, 0.1) is 43.1 Å². The van der Waals surface area contributed by atoms with Crippen molar-refractivity contribution >= 4 is 33.2 Å². The molecule has 0 unspecified atom stereocenters. The number of carbonyl (C=O) groups is 1. The van der Waals surface area contributed by atoms with Crippen molar-refractivity contribution in [3.63, 3.8) is 0 Å². The predicted molar refractivity (Wildman–Crippen MR) is 107 cm³/mol. The van der Waals surface area contributed by atoms with Crippen LogP contribution in [0, 0.1) is 0 Å². The highest BCUT2D eigenvalue weighted by molar-refractivity contribution is 7.89. The number of carbonyl (C=O) groups excluding carboxylic acids is 1. The molecule has 1 aliphatic rings. The lowest BCUT2D eigenvalue weighted by atomic mass is 10.3. The Morgan fingerprint density at radius 1 is 1.14 bits per heavy atom. The van der Waals surface area contributed by atoms with E-state index >= 15 is 0 Å². The lowest BCUT2D eigenvalue weighted by molar-refractivity contribution is -0.883. The summed E-state index contributed by atoms with van der Waals surface area (Å²) in [6.45, 7) is 2.39. The predicted octanol–water partition coefficient (Wildman–Crippen LogP) is 0.877. The summed E-state index contributed by atoms with van der Waals surface area (Å²) in [7, 11) is -1.46. The van der Waals surface area contributed by atoms with Crippen LogP contribution in [0.4, 0.5) is 5.69 Å². The largest absolute Gasteiger partial charge is 0.482 e. The van der Waals surface area contributed by atoms with E-state index in [1.165, 1.54) is 21.3 Å². The van der Waals surface area contributed by atoms with E-state index in [1.54, 1.807) is 36.4 Å². The number of anilines is 1. The second-order valence-electron chi connectivity index (χ2n) is 6.65. The van der Waals surface area contributed by atoms with Crippen LogP contribution in [0.1, 0.15) is 0 Å². The smallest absolute Gasteiger partial charge is 0.262 e. The van der Waals surface area contributed by atoms with Crippen molar-refractivity contribution in [1.82, 2.24) is 4.31 Å². The van der Waals surface area contributed by atoms with E-state index in [2.05, 4.69) is 12.4 Å². The molecule has 1 heterocycles. The molecule has 3 rings (SSSR count). The first kappa shape index (κ1) is 20.6. The molecule has 28 heavy (non-hydrogen) atoms. The van der Waals surface area contributed by atoms with Crippen molar-refractivity contribution in [1.29, 1.82) is 0 Å². The highest BCUT2D eigenvalue weighted by Crippen LogP contribution is 2.23. The first-order valence-corrected chi connectivity index (χ1v) is 10.8. The molecule has 0 radical (unpaired) electrons. The van der Waals surface area contributed by atoms with Crippen LogP contribution < -0.4 is 15.0 Å². The van der Waals surface area contributed by atoms with Gasteiger partial charge in [0.1, 0.15) is 5.75 Å². The first-order valence-electron chi connectivity index (χ1n) is 8.95. The maximum Gasteiger partial charge on any atom is 0.262 e. The van der Waals surface area contributed by atoms with Crippen molar-refractivity contribution in [3.8, 4) is 5.75 Å². The first-order chi connectivity index (χ1) is 13.4. The van der Waals surface area contributed by atoms with E-state index in [0.29, 0.717) is 29.5 Å². The Balaban J connectivity index is 1.58. The zero-order chi connectivity index (χ0) is 20.1. The Hall–Kier alpha value is -2.13. The van der Waals surface area contributed by atoms with Gasteiger partial charge in [-0.3, -0.25) is 4.79 Å². The number of ether oxygens (including phenoxy) is 1. The summed E-state index contributed by atoms with van der Waals surface area (Å²) in [6, 6.07) is 13.0. The molecule has 1 aliphatic heterocycles. The topological polar surface area (TPSA) is 80.2 Å². The summed E-state index contributed by atoms with van der Waals surface area (Å²) in [5.74, 6) is 0.0624. The maximum atomic E-state index is 12.7. The number of nitrogens with zero attached hydrogens (tertiary/aromatic N) is 1. The number of nitrogens with one attached hydrogen (secondary N) is 2. The van der Waals surface area contributed by atoms with Gasteiger partial charge in [0.15, 0.2) is 6.61 Å². The highest BCUT2D eigenvalue weighted by atomic mass is 35.5. The van der Waals surface area contributed by atoms with Crippen LogP contribution in [-0.4, -0.2) is 58.5 Å². The fourth-order valence-electron chi connectivity index (χ4n) is 2.87. The molecule has 7 nitrogen and oxygen atoms in total. The van der Waals surface area contributed by atoms with Crippen LogP contribution in [0.3, 0.4) is 0 Å². The number of hydrogen-bond donors (Lipinski definition) is 2. The molecular weight excluding hydrogens is 402 g/mol. The standard InChI is InChI=1S/C19H22ClN3O4S/c1-22-10-12-23(13-11-22)28(25,26)16-8-6-15(7-9-16)21-19(24)14-27-18-5-3-2-4-17(18)20/h2-9H,10-14H2,1H3,(H,21,24)/p+1. The van der Waals surface area contributed by atoms with Gasteiger partial charge in [-0.1, -0.05) is 23.7 Å². The third kappa shape index (κ3) is 5.02. The van der Waals surface area contributed by atoms with Crippen LogP contribution >= 0.6 is 11.6 Å². The van der Waals surface area contributed by atoms with E-state index in [1.807, 2.05) is 0 Å². The lowest BCUT2D eigenvalue weighted by Gasteiger charge is -2.29. The zero-order valence-corrected chi connectivity index (χ0v) is 17.1. The molecule has 1 saturated heterocycles. The molecule has 2 N–H and O–H groups in total. The summed E-state index contributed by atoms with van der Waals surface area (Å²) in [5.41, 5.74) is 0.495. The Morgan fingerprint density at radius 3 is 2.43 bits per heavy atom. The van der Waals surface area contributed by atoms with Gasteiger partial charge in [0.25, 0.3) is 5.91 Å². The fourth-order valence-corrected chi connectivity index (χ4v) is 4.50. The number of para-hydroxylation sites is 1. The zero-order valence-electron chi connectivity index (χ0n) is 15.5. The molecule has 0 bridgehead atoms. The average Bonchev–Trinajstić information content (AvgIpc) is 2.68. The number of hydrogen-bond acceptors (Lipinski definition) is 4. The molecular formula is C19H23ClN3O4S+. The summed E-state index contributed by atoms with van der Waals surface area (Å²) in [5, 5.41) is 3.10. The molecule has 1 amide bonds. The van der Waals surface area contributed by atoms with Gasteiger partial charge in [-0.2, -0.15) is 4.31 Å². The molecule has 150 valence electrons. The Bertz CT molecular complexity index is 926. The lowest BCUT2D eigenvalue weighted by Crippen LogP contribution is -3.12. The van der Waals surface area contributed by atoms with Gasteiger partial charge in [-0.25, -0.2) is 8.42 Å². The number of amides is 1. The maximum absolute atomic E-state index is 12.7. The molecule has 0 saturated carbocycles. The number of sulfonamides is 1. The Kier molecular flexibility index (Phi) is 6.56. The second kappa shape index (κ2) is 8.91. The summed E-state index contributed by atoms with van der Waals surface area (Å²) in [4.78, 5) is 13.6. The van der Waals surface area contributed by atoms with E-state index in [-0.39, 0.29) is 17.4 Å². The minimum atomic E-state index is -3.51. The number of halogens is 1. The minimum absolute atomic E-state index is 0.201. The van der Waals surface area contributed by atoms with Crippen molar-refractivity contribution in [3.05, 3.63) is 53.6 Å². The van der Waals surface area contributed by atoms with Crippen molar-refractivity contribution < 1.29 is 22.8 Å². The number of piperazine rings is 1. The van der Waals surface area contributed by atoms with Gasteiger partial charge >= 0.3 is 0 Å². The SMILES string of the molecule is C[NH+]1CCN(S(=O)(=O)c2ccc(NC(=O)COc3ccccc3Cl)cc2)CC1. The Labute approximate surface area is 169 Å². The van der Waals surface area contributed by atoms with Gasteiger partial charge in [0.2, 0.25) is 10.0 Å². The number of likely N-dealkylation sites (N-methyl/N-ethyl adjacent to an activating group) is 1. The van der Waals surface area contributed by atoms with Crippen LogP contribution in [0.5, 0.6) is 5.75 Å². The minimum Gasteiger partial charge on any atom is -0.482 e. The molecule has 2 aromatic carbocycles. The van der Waals surface area contributed by atoms with Gasteiger partial charge in [-0.05, 0) is 36.4 Å². The summed E-state index contributed by atoms with van der Waals surface area (Å²) in [6.07, 6.45) is 0. The summed E-state index contributed by atoms with van der Waals surface area (Å²) >= 11 is 5.98. The molecule has 9 heteroatoms. The quantitative estimate of drug-likeness (QED) is 0.721. The van der Waals surface area contributed by atoms with E-state index in [0.717, 1.165) is 13.1 Å². The number of benzene rings is 2. The number of rotatable bonds is 6. The van der Waals surface area contributed by atoms with Crippen LogP contribution in [0.2, 0.25) is 5.02 Å². The number of quaternary nitrogens is 1. The van der Waals surface area contributed by atoms with Crippen molar-refractivity contribution in [2.45, 2.75) is 4.90 Å². The van der Waals surface area contributed by atoms with Gasteiger partial charge in [0, 0.05) is 5.69 Å². The average molecular weight is 425 g/mol. The van der Waals surface area contributed by atoms with Crippen LogP contribution in [-0.2, 0) is 14.8 Å². The summed E-state index contributed by atoms with van der Waals surface area (Å²) < 4.78 is 32.3. The van der Waals surface area contributed by atoms with Gasteiger partial charge < -0.3 is 15.0 Å². The van der Waals surface area contributed by atoms with Crippen molar-refractivity contribution in [2.24, 2.45) is 0 Å². The molecule has 0 atom stereocenters. The molecule has 0 aliphatic carbocycles.